The summed E-state index contributed by atoms with van der Waals surface area (Å²) in [5.74, 6) is 0.845. The lowest BCUT2D eigenvalue weighted by Gasteiger charge is -2.29. The van der Waals surface area contributed by atoms with Crippen molar-refractivity contribution >= 4 is 35.8 Å². The number of rotatable bonds is 11. The smallest absolute Gasteiger partial charge is 0.187 e. The van der Waals surface area contributed by atoms with E-state index < -0.39 is 12.4 Å². The first-order valence-electron chi connectivity index (χ1n) is 12.6. The van der Waals surface area contributed by atoms with E-state index in [1.165, 1.54) is 13.1 Å². The summed E-state index contributed by atoms with van der Waals surface area (Å²) in [5, 5.41) is 12.6. The second-order valence-electron chi connectivity index (χ2n) is 9.03. The number of aliphatic imine (C=N–C) groups is 2. The Morgan fingerprint density at radius 2 is 2.10 bits per heavy atom. The molecule has 1 saturated heterocycles. The highest BCUT2D eigenvalue weighted by Crippen LogP contribution is 2.35. The molecular formula is C29H33FN6OS2. The van der Waals surface area contributed by atoms with Gasteiger partial charge in [-0.15, -0.1) is 0 Å². The number of nitrogens with two attached hydrogens (primary N) is 1. The minimum absolute atomic E-state index is 0.133. The number of halogens is 1. The number of hydrogen-bond acceptors (Lipinski definition) is 9. The number of aliphatic hydroxyl groups is 1. The fourth-order valence-electron chi connectivity index (χ4n) is 4.27. The van der Waals surface area contributed by atoms with Crippen LogP contribution in [-0.4, -0.2) is 52.5 Å². The SMILES string of the molecule is C=C(S/C=C\C)C1=NCC(C(N)=CC=NC(C)F)=C2CC(NSc3ccc(C(O)c4ccccn4)cc3)CN12. The Bertz CT molecular complexity index is 1300. The summed E-state index contributed by atoms with van der Waals surface area (Å²) in [6.07, 6.45) is 5.40. The summed E-state index contributed by atoms with van der Waals surface area (Å²) in [6.45, 7) is 8.71. The molecule has 0 amide bonds. The second kappa shape index (κ2) is 13.7. The maximum absolute atomic E-state index is 13.1. The molecule has 0 saturated carbocycles. The maximum Gasteiger partial charge on any atom is 0.187 e. The Hall–Kier alpha value is -3.18. The van der Waals surface area contributed by atoms with Gasteiger partial charge in [0.1, 0.15) is 11.9 Å². The molecule has 3 atom stereocenters. The van der Waals surface area contributed by atoms with Gasteiger partial charge in [0, 0.05) is 58.2 Å². The number of nitrogens with zero attached hydrogens (tertiary/aromatic N) is 4. The third-order valence-electron chi connectivity index (χ3n) is 6.16. The molecule has 0 aliphatic carbocycles. The van der Waals surface area contributed by atoms with E-state index in [0.29, 0.717) is 24.5 Å². The Morgan fingerprint density at radius 1 is 1.31 bits per heavy atom. The number of alkyl halides is 1. The molecule has 2 aromatic rings. The fourth-order valence-corrected chi connectivity index (χ4v) is 5.58. The number of thioether (sulfide) groups is 1. The van der Waals surface area contributed by atoms with Gasteiger partial charge in [-0.25, -0.2) is 4.39 Å². The fraction of sp³-hybridized carbons (Fsp3) is 0.276. The zero-order valence-corrected chi connectivity index (χ0v) is 23.6. The van der Waals surface area contributed by atoms with E-state index in [1.54, 1.807) is 36.0 Å². The van der Waals surface area contributed by atoms with Crippen LogP contribution in [-0.2, 0) is 0 Å². The van der Waals surface area contributed by atoms with Gasteiger partial charge < -0.3 is 15.7 Å². The first kappa shape index (κ1) is 28.8. The normalized spacial score (nSPS) is 19.5. The molecule has 1 aromatic carbocycles. The highest BCUT2D eigenvalue weighted by molar-refractivity contribution is 8.06. The van der Waals surface area contributed by atoms with Crippen LogP contribution < -0.4 is 10.5 Å². The molecule has 0 spiro atoms. The first-order valence-corrected chi connectivity index (χ1v) is 14.3. The minimum atomic E-state index is -1.28. The van der Waals surface area contributed by atoms with Crippen LogP contribution in [0, 0.1) is 0 Å². The molecule has 0 bridgehead atoms. The van der Waals surface area contributed by atoms with Gasteiger partial charge in [0.15, 0.2) is 6.30 Å². The molecule has 204 valence electrons. The zero-order chi connectivity index (χ0) is 27.8. The summed E-state index contributed by atoms with van der Waals surface area (Å²) in [4.78, 5) is 16.9. The molecule has 4 rings (SSSR count). The highest BCUT2D eigenvalue weighted by atomic mass is 32.2. The molecule has 3 heterocycles. The van der Waals surface area contributed by atoms with E-state index in [2.05, 4.69) is 26.2 Å². The van der Waals surface area contributed by atoms with Gasteiger partial charge in [0.2, 0.25) is 0 Å². The van der Waals surface area contributed by atoms with Gasteiger partial charge in [0.05, 0.1) is 12.2 Å². The number of fused-ring (bicyclic) bond motifs is 1. The van der Waals surface area contributed by atoms with Crippen molar-refractivity contribution in [2.24, 2.45) is 15.7 Å². The lowest BCUT2D eigenvalue weighted by atomic mass is 10.1. The number of nitrogens with one attached hydrogen (secondary N) is 1. The van der Waals surface area contributed by atoms with Crippen LogP contribution in [0.4, 0.5) is 4.39 Å². The van der Waals surface area contributed by atoms with Gasteiger partial charge in [-0.1, -0.05) is 42.6 Å². The molecule has 1 fully saturated rings. The molecule has 39 heavy (non-hydrogen) atoms. The lowest BCUT2D eigenvalue weighted by molar-refractivity contribution is 0.215. The molecule has 10 heteroatoms. The van der Waals surface area contributed by atoms with E-state index in [-0.39, 0.29) is 6.04 Å². The average molecular weight is 565 g/mol. The number of allylic oxidation sites excluding steroid dienone is 2. The second-order valence-corrected chi connectivity index (χ2v) is 10.9. The molecule has 7 nitrogen and oxygen atoms in total. The molecule has 2 aliphatic rings. The third-order valence-corrected chi connectivity index (χ3v) is 7.99. The Morgan fingerprint density at radius 3 is 2.79 bits per heavy atom. The van der Waals surface area contributed by atoms with E-state index in [4.69, 9.17) is 10.7 Å². The van der Waals surface area contributed by atoms with Crippen molar-refractivity contribution in [1.82, 2.24) is 14.6 Å². The van der Waals surface area contributed by atoms with Crippen molar-refractivity contribution < 1.29 is 9.50 Å². The summed E-state index contributed by atoms with van der Waals surface area (Å²) in [7, 11) is 0. The van der Waals surface area contributed by atoms with E-state index >= 15 is 0 Å². The lowest BCUT2D eigenvalue weighted by Crippen LogP contribution is -2.35. The van der Waals surface area contributed by atoms with E-state index in [1.807, 2.05) is 60.9 Å². The van der Waals surface area contributed by atoms with Crippen LogP contribution in [0.15, 0.2) is 110 Å². The monoisotopic (exact) mass is 564 g/mol. The van der Waals surface area contributed by atoms with E-state index in [9.17, 15) is 9.50 Å². The van der Waals surface area contributed by atoms with Crippen molar-refractivity contribution in [2.45, 2.75) is 43.6 Å². The van der Waals surface area contributed by atoms with Crippen molar-refractivity contribution in [2.75, 3.05) is 13.1 Å². The topological polar surface area (TPSA) is 99.1 Å². The van der Waals surface area contributed by atoms with Gasteiger partial charge >= 0.3 is 0 Å². The molecule has 2 aliphatic heterocycles. The molecule has 1 aromatic heterocycles. The summed E-state index contributed by atoms with van der Waals surface area (Å²) >= 11 is 3.09. The molecule has 3 unspecified atom stereocenters. The number of aromatic nitrogens is 1. The van der Waals surface area contributed by atoms with Crippen LogP contribution in [0.2, 0.25) is 0 Å². The van der Waals surface area contributed by atoms with Crippen LogP contribution in [0.5, 0.6) is 0 Å². The zero-order valence-electron chi connectivity index (χ0n) is 22.0. The van der Waals surface area contributed by atoms with Crippen LogP contribution >= 0.6 is 23.7 Å². The number of pyridine rings is 1. The van der Waals surface area contributed by atoms with Crippen LogP contribution in [0.1, 0.15) is 37.6 Å². The Balaban J connectivity index is 1.47. The van der Waals surface area contributed by atoms with Gasteiger partial charge in [-0.3, -0.25) is 19.7 Å². The van der Waals surface area contributed by atoms with Gasteiger partial charge in [-0.05, 0) is 67.1 Å². The van der Waals surface area contributed by atoms with E-state index in [0.717, 1.165) is 38.9 Å². The number of aliphatic hydroxyl groups excluding tert-OH is 1. The summed E-state index contributed by atoms with van der Waals surface area (Å²) < 4.78 is 16.7. The van der Waals surface area contributed by atoms with Crippen LogP contribution in [0.25, 0.3) is 0 Å². The summed E-state index contributed by atoms with van der Waals surface area (Å²) in [5.41, 5.74) is 10.3. The Kier molecular flexibility index (Phi) is 10.2. The first-order chi connectivity index (χ1) is 18.9. The Labute approximate surface area is 237 Å². The predicted octanol–water partition coefficient (Wildman–Crippen LogP) is 5.51. The number of amidine groups is 1. The van der Waals surface area contributed by atoms with Gasteiger partial charge in [-0.2, -0.15) is 0 Å². The average Bonchev–Trinajstić information content (AvgIpc) is 3.38. The van der Waals surface area contributed by atoms with Crippen molar-refractivity contribution in [3.8, 4) is 0 Å². The number of hydrogen-bond donors (Lipinski definition) is 3. The quantitative estimate of drug-likeness (QED) is 0.188. The van der Waals surface area contributed by atoms with Gasteiger partial charge in [0.25, 0.3) is 0 Å². The molecule has 4 N–H and O–H groups in total. The highest BCUT2D eigenvalue weighted by Gasteiger charge is 2.35. The summed E-state index contributed by atoms with van der Waals surface area (Å²) in [6, 6.07) is 13.4. The molecular weight excluding hydrogens is 531 g/mol. The minimum Gasteiger partial charge on any atom is -0.398 e. The number of benzene rings is 1. The standard InChI is InChI=1S/C29H33FN6OS2/c1-4-15-38-19(2)29-34-17-24(25(31)12-14-32-20(3)30)27-16-22(18-36(27)29)35-39-23-10-8-21(9-11-23)28(37)26-7-5-6-13-33-26/h4-15,20,22,28,35,37H,2,16-18,31H2,1,3H3/b15-4-,25-12?,32-14?. The van der Waals surface area contributed by atoms with Crippen molar-refractivity contribution in [3.63, 3.8) is 0 Å². The van der Waals surface area contributed by atoms with Crippen LogP contribution in [0.3, 0.4) is 0 Å². The third kappa shape index (κ3) is 7.48. The van der Waals surface area contributed by atoms with Crippen molar-refractivity contribution in [3.05, 3.63) is 106 Å². The van der Waals surface area contributed by atoms with Crippen molar-refractivity contribution in [1.29, 1.82) is 0 Å². The largest absolute Gasteiger partial charge is 0.398 e. The maximum atomic E-state index is 13.1. The predicted molar refractivity (Wildman–Crippen MR) is 161 cm³/mol. The molecule has 0 radical (unpaired) electrons.